The third-order valence-electron chi connectivity index (χ3n) is 2.08. The second-order valence-corrected chi connectivity index (χ2v) is 3.61. The van der Waals surface area contributed by atoms with Crippen molar-refractivity contribution in [2.24, 2.45) is 11.1 Å². The van der Waals surface area contributed by atoms with Crippen molar-refractivity contribution < 1.29 is 9.52 Å². The molecule has 1 unspecified atom stereocenters. The molecule has 0 spiro atoms. The molecule has 1 aromatic rings. The number of nitrogens with two attached hydrogens (primary N) is 1. The summed E-state index contributed by atoms with van der Waals surface area (Å²) in [7, 11) is 0. The lowest BCUT2D eigenvalue weighted by Crippen LogP contribution is -2.30. The molecule has 1 aromatic heterocycles. The molecule has 1 rings (SSSR count). The van der Waals surface area contributed by atoms with Crippen molar-refractivity contribution in [2.45, 2.75) is 20.0 Å². The van der Waals surface area contributed by atoms with Crippen LogP contribution >= 0.6 is 0 Å². The van der Waals surface area contributed by atoms with Gasteiger partial charge in [-0.05, 0) is 12.1 Å². The van der Waals surface area contributed by atoms with E-state index in [1.54, 1.807) is 18.4 Å². The molecule has 0 aliphatic rings. The van der Waals surface area contributed by atoms with Gasteiger partial charge in [0.2, 0.25) is 0 Å². The highest BCUT2D eigenvalue weighted by Crippen LogP contribution is 2.31. The molecule has 3 N–H and O–H groups in total. The van der Waals surface area contributed by atoms with E-state index in [0.717, 1.165) is 0 Å². The third kappa shape index (κ3) is 1.68. The predicted molar refractivity (Wildman–Crippen MR) is 46.5 cm³/mol. The Morgan fingerprint density at radius 3 is 2.75 bits per heavy atom. The third-order valence-corrected chi connectivity index (χ3v) is 2.08. The average molecular weight is 169 g/mol. The van der Waals surface area contributed by atoms with Crippen molar-refractivity contribution in [1.82, 2.24) is 0 Å². The van der Waals surface area contributed by atoms with Crippen LogP contribution in [0.15, 0.2) is 22.8 Å². The van der Waals surface area contributed by atoms with E-state index >= 15 is 0 Å². The van der Waals surface area contributed by atoms with E-state index in [9.17, 15) is 5.11 Å². The monoisotopic (exact) mass is 169 g/mol. The molecule has 3 heteroatoms. The Morgan fingerprint density at radius 1 is 1.67 bits per heavy atom. The van der Waals surface area contributed by atoms with Crippen molar-refractivity contribution in [3.05, 3.63) is 24.2 Å². The van der Waals surface area contributed by atoms with Crippen LogP contribution in [0.4, 0.5) is 0 Å². The van der Waals surface area contributed by atoms with Gasteiger partial charge in [-0.3, -0.25) is 0 Å². The fourth-order valence-electron chi connectivity index (χ4n) is 0.944. The first-order valence-electron chi connectivity index (χ1n) is 3.99. The smallest absolute Gasteiger partial charge is 0.132 e. The zero-order valence-corrected chi connectivity index (χ0v) is 7.45. The SMILES string of the molecule is CC(C)(CN)C(O)c1ccco1. The molecule has 0 bridgehead atoms. The lowest BCUT2D eigenvalue weighted by atomic mass is 9.85. The average Bonchev–Trinajstić information content (AvgIpc) is 2.55. The predicted octanol–water partition coefficient (Wildman–Crippen LogP) is 1.30. The van der Waals surface area contributed by atoms with Crippen LogP contribution in [0.1, 0.15) is 25.7 Å². The molecule has 1 heterocycles. The zero-order chi connectivity index (χ0) is 9.19. The Labute approximate surface area is 72.2 Å². The molecule has 3 nitrogen and oxygen atoms in total. The van der Waals surface area contributed by atoms with Gasteiger partial charge in [0.25, 0.3) is 0 Å². The van der Waals surface area contributed by atoms with Crippen LogP contribution in [0.25, 0.3) is 0 Å². The van der Waals surface area contributed by atoms with Crippen LogP contribution in [-0.4, -0.2) is 11.7 Å². The summed E-state index contributed by atoms with van der Waals surface area (Å²) < 4.78 is 5.08. The van der Waals surface area contributed by atoms with E-state index in [0.29, 0.717) is 12.3 Å². The maximum atomic E-state index is 9.76. The molecule has 12 heavy (non-hydrogen) atoms. The highest BCUT2D eigenvalue weighted by molar-refractivity contribution is 5.05. The van der Waals surface area contributed by atoms with Crippen molar-refractivity contribution in [3.8, 4) is 0 Å². The summed E-state index contributed by atoms with van der Waals surface area (Å²) in [6, 6.07) is 3.51. The second-order valence-electron chi connectivity index (χ2n) is 3.61. The summed E-state index contributed by atoms with van der Waals surface area (Å²) in [5.74, 6) is 0.574. The minimum atomic E-state index is -0.627. The molecule has 0 aromatic carbocycles. The van der Waals surface area contributed by atoms with E-state index < -0.39 is 6.10 Å². The molecule has 0 saturated carbocycles. The van der Waals surface area contributed by atoms with E-state index in [2.05, 4.69) is 0 Å². The van der Waals surface area contributed by atoms with E-state index in [1.165, 1.54) is 0 Å². The Morgan fingerprint density at radius 2 is 2.33 bits per heavy atom. The van der Waals surface area contributed by atoms with Gasteiger partial charge in [0.05, 0.1) is 6.26 Å². The molecule has 1 atom stereocenters. The molecule has 68 valence electrons. The van der Waals surface area contributed by atoms with Crippen LogP contribution in [-0.2, 0) is 0 Å². The van der Waals surface area contributed by atoms with Crippen molar-refractivity contribution in [3.63, 3.8) is 0 Å². The minimum absolute atomic E-state index is 0.335. The van der Waals surface area contributed by atoms with E-state index in [-0.39, 0.29) is 5.41 Å². The highest BCUT2D eigenvalue weighted by Gasteiger charge is 2.29. The molecular formula is C9H15NO2. The van der Waals surface area contributed by atoms with E-state index in [4.69, 9.17) is 10.2 Å². The lowest BCUT2D eigenvalue weighted by molar-refractivity contribution is 0.0370. The van der Waals surface area contributed by atoms with Gasteiger partial charge in [-0.2, -0.15) is 0 Å². The maximum absolute atomic E-state index is 9.76. The first-order chi connectivity index (χ1) is 5.58. The molecule has 0 aliphatic heterocycles. The maximum Gasteiger partial charge on any atom is 0.132 e. The van der Waals surface area contributed by atoms with Gasteiger partial charge in [0.1, 0.15) is 11.9 Å². The first kappa shape index (κ1) is 9.29. The summed E-state index contributed by atoms with van der Waals surface area (Å²) in [4.78, 5) is 0. The number of furan rings is 1. The highest BCUT2D eigenvalue weighted by atomic mass is 16.4. The summed E-state index contributed by atoms with van der Waals surface area (Å²) in [5, 5.41) is 9.76. The standard InChI is InChI=1S/C9H15NO2/c1-9(2,6-10)8(11)7-4-3-5-12-7/h3-5,8,11H,6,10H2,1-2H3. The number of aliphatic hydroxyl groups excluding tert-OH is 1. The Bertz CT molecular complexity index is 229. The quantitative estimate of drug-likeness (QED) is 0.717. The molecule has 0 saturated heterocycles. The lowest BCUT2D eigenvalue weighted by Gasteiger charge is -2.27. The van der Waals surface area contributed by atoms with Gasteiger partial charge in [0.15, 0.2) is 0 Å². The Balaban J connectivity index is 2.78. The van der Waals surface area contributed by atoms with Gasteiger partial charge < -0.3 is 15.3 Å². The van der Waals surface area contributed by atoms with Crippen molar-refractivity contribution >= 4 is 0 Å². The number of rotatable bonds is 3. The van der Waals surface area contributed by atoms with E-state index in [1.807, 2.05) is 13.8 Å². The Kier molecular flexibility index (Phi) is 2.55. The first-order valence-corrected chi connectivity index (χ1v) is 3.99. The van der Waals surface area contributed by atoms with Crippen molar-refractivity contribution in [2.75, 3.05) is 6.54 Å². The topological polar surface area (TPSA) is 59.4 Å². The molecule has 0 aliphatic carbocycles. The Hall–Kier alpha value is -0.800. The number of hydrogen-bond acceptors (Lipinski definition) is 3. The molecule has 0 fully saturated rings. The van der Waals surface area contributed by atoms with Crippen LogP contribution in [0.2, 0.25) is 0 Å². The van der Waals surface area contributed by atoms with Crippen LogP contribution < -0.4 is 5.73 Å². The molecule has 0 amide bonds. The number of aliphatic hydroxyl groups is 1. The van der Waals surface area contributed by atoms with Gasteiger partial charge in [-0.15, -0.1) is 0 Å². The van der Waals surface area contributed by atoms with Crippen LogP contribution in [0, 0.1) is 5.41 Å². The minimum Gasteiger partial charge on any atom is -0.467 e. The fraction of sp³-hybridized carbons (Fsp3) is 0.556. The summed E-state index contributed by atoms with van der Waals surface area (Å²) >= 11 is 0. The summed E-state index contributed by atoms with van der Waals surface area (Å²) in [5.41, 5.74) is 5.18. The second kappa shape index (κ2) is 3.29. The van der Waals surface area contributed by atoms with Crippen LogP contribution in [0.5, 0.6) is 0 Å². The van der Waals surface area contributed by atoms with Crippen molar-refractivity contribution in [1.29, 1.82) is 0 Å². The molecular weight excluding hydrogens is 154 g/mol. The number of hydrogen-bond donors (Lipinski definition) is 2. The largest absolute Gasteiger partial charge is 0.467 e. The van der Waals surface area contributed by atoms with Gasteiger partial charge in [-0.1, -0.05) is 13.8 Å². The molecule has 0 radical (unpaired) electrons. The zero-order valence-electron chi connectivity index (χ0n) is 7.45. The van der Waals surface area contributed by atoms with Gasteiger partial charge in [0, 0.05) is 12.0 Å². The van der Waals surface area contributed by atoms with Crippen LogP contribution in [0.3, 0.4) is 0 Å². The van der Waals surface area contributed by atoms with Gasteiger partial charge in [-0.25, -0.2) is 0 Å². The summed E-state index contributed by atoms with van der Waals surface area (Å²) in [6.45, 7) is 4.23. The fourth-order valence-corrected chi connectivity index (χ4v) is 0.944. The summed E-state index contributed by atoms with van der Waals surface area (Å²) in [6.07, 6.45) is 0.919. The van der Waals surface area contributed by atoms with Gasteiger partial charge >= 0.3 is 0 Å². The normalized spacial score (nSPS) is 14.7.